The Morgan fingerprint density at radius 2 is 2.19 bits per heavy atom. The zero-order valence-corrected chi connectivity index (χ0v) is 11.2. The maximum atomic E-state index is 10.8. The molecule has 0 atom stereocenters. The molecule has 0 bridgehead atoms. The highest BCUT2D eigenvalue weighted by atomic mass is 16.6. The predicted octanol–water partition coefficient (Wildman–Crippen LogP) is 1.95. The van der Waals surface area contributed by atoms with Gasteiger partial charge in [0.15, 0.2) is 5.65 Å². The Morgan fingerprint density at radius 1 is 1.33 bits per heavy atom. The van der Waals surface area contributed by atoms with Crippen LogP contribution in [-0.4, -0.2) is 24.5 Å². The number of hydrogen-bond acceptors (Lipinski definition) is 6. The second-order valence-corrected chi connectivity index (χ2v) is 4.50. The highest BCUT2D eigenvalue weighted by Gasteiger charge is 2.11. The molecule has 0 saturated carbocycles. The van der Waals surface area contributed by atoms with Crippen molar-refractivity contribution in [3.8, 4) is 0 Å². The van der Waals surface area contributed by atoms with Gasteiger partial charge in [0.25, 0.3) is 5.69 Å². The minimum absolute atomic E-state index is 0.0129. The van der Waals surface area contributed by atoms with Gasteiger partial charge in [0.05, 0.1) is 23.4 Å². The first-order valence-corrected chi connectivity index (χ1v) is 6.27. The van der Waals surface area contributed by atoms with E-state index in [9.17, 15) is 10.1 Å². The van der Waals surface area contributed by atoms with Gasteiger partial charge in [-0.25, -0.2) is 14.5 Å². The van der Waals surface area contributed by atoms with Gasteiger partial charge in [-0.05, 0) is 19.1 Å². The summed E-state index contributed by atoms with van der Waals surface area (Å²) in [4.78, 5) is 18.5. The molecule has 0 unspecified atom stereocenters. The number of rotatable bonds is 4. The van der Waals surface area contributed by atoms with Crippen LogP contribution in [0.3, 0.4) is 0 Å². The quantitative estimate of drug-likeness (QED) is 0.580. The van der Waals surface area contributed by atoms with E-state index in [2.05, 4.69) is 20.4 Å². The first-order valence-electron chi connectivity index (χ1n) is 6.27. The normalized spacial score (nSPS) is 10.7. The number of pyridine rings is 1. The summed E-state index contributed by atoms with van der Waals surface area (Å²) in [6.07, 6.45) is 4.65. The van der Waals surface area contributed by atoms with Gasteiger partial charge in [-0.2, -0.15) is 5.10 Å². The fourth-order valence-corrected chi connectivity index (χ4v) is 2.04. The standard InChI is InChI=1S/C13H12N6O2/c1-9-6-12(16-8-11(9)19(20)21)15-7-10-2-4-14-13-3-5-17-18(10)13/h2-6,8H,7H2,1H3,(H,15,16). The van der Waals surface area contributed by atoms with Gasteiger partial charge in [-0.15, -0.1) is 0 Å². The maximum Gasteiger partial charge on any atom is 0.290 e. The molecule has 8 heteroatoms. The molecule has 0 radical (unpaired) electrons. The summed E-state index contributed by atoms with van der Waals surface area (Å²) in [5, 5.41) is 18.1. The third-order valence-corrected chi connectivity index (χ3v) is 3.10. The molecule has 3 aromatic rings. The topological polar surface area (TPSA) is 98.2 Å². The van der Waals surface area contributed by atoms with Crippen molar-refractivity contribution >= 4 is 17.2 Å². The fourth-order valence-electron chi connectivity index (χ4n) is 2.04. The molecule has 0 aliphatic rings. The zero-order chi connectivity index (χ0) is 14.8. The summed E-state index contributed by atoms with van der Waals surface area (Å²) >= 11 is 0. The van der Waals surface area contributed by atoms with Gasteiger partial charge in [0, 0.05) is 17.8 Å². The molecule has 3 rings (SSSR count). The van der Waals surface area contributed by atoms with E-state index in [0.29, 0.717) is 17.9 Å². The van der Waals surface area contributed by atoms with Crippen molar-refractivity contribution in [3.63, 3.8) is 0 Å². The summed E-state index contributed by atoms with van der Waals surface area (Å²) in [7, 11) is 0. The van der Waals surface area contributed by atoms with Crippen LogP contribution in [0, 0.1) is 17.0 Å². The summed E-state index contributed by atoms with van der Waals surface area (Å²) in [5.74, 6) is 0.579. The van der Waals surface area contributed by atoms with E-state index in [4.69, 9.17) is 0 Å². The van der Waals surface area contributed by atoms with Crippen LogP contribution >= 0.6 is 0 Å². The molecular formula is C13H12N6O2. The first-order chi connectivity index (χ1) is 10.1. The van der Waals surface area contributed by atoms with Crippen LogP contribution < -0.4 is 5.32 Å². The second-order valence-electron chi connectivity index (χ2n) is 4.50. The minimum Gasteiger partial charge on any atom is -0.364 e. The van der Waals surface area contributed by atoms with Crippen LogP contribution in [-0.2, 0) is 6.54 Å². The van der Waals surface area contributed by atoms with Crippen LogP contribution in [0.15, 0.2) is 36.8 Å². The number of fused-ring (bicyclic) bond motifs is 1. The molecule has 1 N–H and O–H groups in total. The molecule has 21 heavy (non-hydrogen) atoms. The molecule has 0 aliphatic carbocycles. The van der Waals surface area contributed by atoms with Crippen molar-refractivity contribution in [2.24, 2.45) is 0 Å². The smallest absolute Gasteiger partial charge is 0.290 e. The predicted molar refractivity (Wildman–Crippen MR) is 75.9 cm³/mol. The van der Waals surface area contributed by atoms with Crippen molar-refractivity contribution in [2.75, 3.05) is 5.32 Å². The molecule has 0 fully saturated rings. The van der Waals surface area contributed by atoms with E-state index in [1.807, 2.05) is 12.1 Å². The summed E-state index contributed by atoms with van der Waals surface area (Å²) in [6, 6.07) is 5.32. The van der Waals surface area contributed by atoms with Crippen molar-refractivity contribution in [1.82, 2.24) is 19.6 Å². The molecular weight excluding hydrogens is 272 g/mol. The molecule has 3 heterocycles. The van der Waals surface area contributed by atoms with Crippen LogP contribution in [0.1, 0.15) is 11.3 Å². The fraction of sp³-hybridized carbons (Fsp3) is 0.154. The van der Waals surface area contributed by atoms with Gasteiger partial charge < -0.3 is 5.32 Å². The monoisotopic (exact) mass is 284 g/mol. The first kappa shape index (κ1) is 13.0. The van der Waals surface area contributed by atoms with Crippen LogP contribution in [0.5, 0.6) is 0 Å². The summed E-state index contributed by atoms with van der Waals surface area (Å²) in [6.45, 7) is 2.17. The highest BCUT2D eigenvalue weighted by Crippen LogP contribution is 2.19. The van der Waals surface area contributed by atoms with Crippen LogP contribution in [0.4, 0.5) is 11.5 Å². The molecule has 0 saturated heterocycles. The van der Waals surface area contributed by atoms with E-state index in [1.165, 1.54) is 6.20 Å². The number of anilines is 1. The van der Waals surface area contributed by atoms with E-state index in [1.54, 1.807) is 29.9 Å². The number of nitrogens with one attached hydrogen (secondary N) is 1. The SMILES string of the molecule is Cc1cc(NCc2ccnc3ccnn23)ncc1[N+](=O)[O-]. The number of nitrogens with zero attached hydrogens (tertiary/aromatic N) is 5. The van der Waals surface area contributed by atoms with Gasteiger partial charge in [0.2, 0.25) is 0 Å². The molecule has 3 aromatic heterocycles. The Kier molecular flexibility index (Phi) is 3.19. The lowest BCUT2D eigenvalue weighted by Gasteiger charge is -2.08. The van der Waals surface area contributed by atoms with E-state index >= 15 is 0 Å². The third-order valence-electron chi connectivity index (χ3n) is 3.10. The summed E-state index contributed by atoms with van der Waals surface area (Å²) < 4.78 is 1.73. The lowest BCUT2D eigenvalue weighted by Crippen LogP contribution is -2.08. The average Bonchev–Trinajstić information content (AvgIpc) is 2.93. The summed E-state index contributed by atoms with van der Waals surface area (Å²) in [5.41, 5.74) is 2.26. The van der Waals surface area contributed by atoms with Crippen molar-refractivity contribution in [1.29, 1.82) is 0 Å². The maximum absolute atomic E-state index is 10.8. The highest BCUT2D eigenvalue weighted by molar-refractivity contribution is 5.47. The Hall–Kier alpha value is -3.03. The van der Waals surface area contributed by atoms with E-state index in [0.717, 1.165) is 11.3 Å². The average molecular weight is 284 g/mol. The van der Waals surface area contributed by atoms with Crippen LogP contribution in [0.2, 0.25) is 0 Å². The lowest BCUT2D eigenvalue weighted by atomic mass is 10.2. The van der Waals surface area contributed by atoms with E-state index < -0.39 is 4.92 Å². The molecule has 0 amide bonds. The molecule has 106 valence electrons. The lowest BCUT2D eigenvalue weighted by molar-refractivity contribution is -0.385. The number of nitro groups is 1. The van der Waals surface area contributed by atoms with Crippen LogP contribution in [0.25, 0.3) is 5.65 Å². The Morgan fingerprint density at radius 3 is 2.95 bits per heavy atom. The Labute approximate surface area is 119 Å². The number of aryl methyl sites for hydroxylation is 1. The largest absolute Gasteiger partial charge is 0.364 e. The van der Waals surface area contributed by atoms with Gasteiger partial charge >= 0.3 is 0 Å². The third kappa shape index (κ3) is 2.50. The Bertz CT molecular complexity index is 813. The molecule has 0 aromatic carbocycles. The zero-order valence-electron chi connectivity index (χ0n) is 11.2. The number of aromatic nitrogens is 4. The van der Waals surface area contributed by atoms with E-state index in [-0.39, 0.29) is 5.69 Å². The van der Waals surface area contributed by atoms with Gasteiger partial charge in [-0.3, -0.25) is 10.1 Å². The van der Waals surface area contributed by atoms with Gasteiger partial charge in [-0.1, -0.05) is 0 Å². The molecule has 0 spiro atoms. The van der Waals surface area contributed by atoms with Crippen molar-refractivity contribution in [2.45, 2.75) is 13.5 Å². The molecule has 8 nitrogen and oxygen atoms in total. The second kappa shape index (κ2) is 5.16. The minimum atomic E-state index is -0.442. The van der Waals surface area contributed by atoms with Crippen molar-refractivity contribution in [3.05, 3.63) is 58.2 Å². The van der Waals surface area contributed by atoms with Crippen molar-refractivity contribution < 1.29 is 4.92 Å². The Balaban J connectivity index is 1.80. The number of hydrogen-bond donors (Lipinski definition) is 1. The van der Waals surface area contributed by atoms with Gasteiger partial charge in [0.1, 0.15) is 12.0 Å². The molecule has 0 aliphatic heterocycles.